The first-order chi connectivity index (χ1) is 9.21. The van der Waals surface area contributed by atoms with E-state index in [4.69, 9.17) is 5.11 Å². The fourth-order valence-corrected chi connectivity index (χ4v) is 2.12. The first-order valence-corrected chi connectivity index (χ1v) is 6.63. The second-order valence-electron chi connectivity index (χ2n) is 6.02. The molecule has 112 valence electrons. The van der Waals surface area contributed by atoms with Crippen LogP contribution in [0.25, 0.3) is 0 Å². The summed E-state index contributed by atoms with van der Waals surface area (Å²) in [5.74, 6) is -1.32. The molecule has 1 aromatic heterocycles. The van der Waals surface area contributed by atoms with Crippen molar-refractivity contribution in [3.63, 3.8) is 0 Å². The summed E-state index contributed by atoms with van der Waals surface area (Å²) in [5.41, 5.74) is -0.0702. The molecule has 0 aliphatic rings. The zero-order chi connectivity index (χ0) is 15.3. The number of hydrogen-bond acceptors (Lipinski definition) is 3. The smallest absolute Gasteiger partial charge is 0.339 e. The van der Waals surface area contributed by atoms with Crippen molar-refractivity contribution in [1.82, 2.24) is 4.90 Å². The SMILES string of the molecule is CN(C)CCC[N+](C)(C)C[n+]1ccc(C(=O)O)c(O)c1. The Morgan fingerprint density at radius 3 is 2.55 bits per heavy atom. The summed E-state index contributed by atoms with van der Waals surface area (Å²) in [5, 5.41) is 18.6. The molecule has 0 unspecified atom stereocenters. The largest absolute Gasteiger partial charge is 0.502 e. The Morgan fingerprint density at radius 1 is 1.40 bits per heavy atom. The highest BCUT2D eigenvalue weighted by Crippen LogP contribution is 2.13. The quantitative estimate of drug-likeness (QED) is 0.560. The summed E-state index contributed by atoms with van der Waals surface area (Å²) in [6.45, 7) is 2.73. The van der Waals surface area contributed by atoms with Crippen LogP contribution in [-0.4, -0.2) is 66.8 Å². The number of carbonyl (C=O) groups is 1. The Kier molecular flexibility index (Phi) is 5.47. The van der Waals surface area contributed by atoms with E-state index < -0.39 is 5.97 Å². The maximum atomic E-state index is 10.8. The molecule has 0 amide bonds. The van der Waals surface area contributed by atoms with Crippen LogP contribution in [0.4, 0.5) is 0 Å². The molecule has 0 atom stereocenters. The van der Waals surface area contributed by atoms with E-state index in [0.717, 1.165) is 24.0 Å². The van der Waals surface area contributed by atoms with Gasteiger partial charge in [-0.25, -0.2) is 4.79 Å². The molecule has 0 saturated carbocycles. The summed E-state index contributed by atoms with van der Waals surface area (Å²) in [4.78, 5) is 13.0. The molecule has 1 rings (SSSR count). The number of carboxylic acid groups (broad SMARTS) is 1. The third-order valence-corrected chi connectivity index (χ3v) is 3.14. The Labute approximate surface area is 120 Å². The lowest BCUT2D eigenvalue weighted by Crippen LogP contribution is -2.52. The van der Waals surface area contributed by atoms with Crippen molar-refractivity contribution in [3.05, 3.63) is 24.0 Å². The van der Waals surface area contributed by atoms with Gasteiger partial charge in [-0.05, 0) is 14.1 Å². The predicted molar refractivity (Wildman–Crippen MR) is 75.4 cm³/mol. The fraction of sp³-hybridized carbons (Fsp3) is 0.571. The zero-order valence-electron chi connectivity index (χ0n) is 12.7. The lowest BCUT2D eigenvalue weighted by Gasteiger charge is -2.26. The van der Waals surface area contributed by atoms with Gasteiger partial charge < -0.3 is 15.1 Å². The first kappa shape index (κ1) is 16.4. The topological polar surface area (TPSA) is 64.7 Å². The summed E-state index contributed by atoms with van der Waals surface area (Å²) in [6, 6.07) is 1.43. The summed E-state index contributed by atoms with van der Waals surface area (Å²) in [6.07, 6.45) is 4.24. The van der Waals surface area contributed by atoms with Crippen molar-refractivity contribution in [3.8, 4) is 5.75 Å². The van der Waals surface area contributed by atoms with Crippen molar-refractivity contribution in [2.45, 2.75) is 13.1 Å². The van der Waals surface area contributed by atoms with Crippen LogP contribution in [0.2, 0.25) is 0 Å². The van der Waals surface area contributed by atoms with E-state index in [1.165, 1.54) is 12.3 Å². The van der Waals surface area contributed by atoms with Gasteiger partial charge in [-0.2, -0.15) is 4.57 Å². The number of aromatic hydroxyl groups is 1. The molecule has 20 heavy (non-hydrogen) atoms. The minimum Gasteiger partial charge on any atom is -0.502 e. The van der Waals surface area contributed by atoms with Gasteiger partial charge in [0.05, 0.1) is 20.6 Å². The molecule has 2 N–H and O–H groups in total. The number of carboxylic acids is 1. The van der Waals surface area contributed by atoms with E-state index in [-0.39, 0.29) is 11.3 Å². The van der Waals surface area contributed by atoms with Gasteiger partial charge in [-0.1, -0.05) is 0 Å². The second kappa shape index (κ2) is 6.67. The molecular formula is C14H25N3O3+2. The number of pyridine rings is 1. The number of hydrogen-bond donors (Lipinski definition) is 2. The molecule has 0 saturated heterocycles. The van der Waals surface area contributed by atoms with Crippen LogP contribution in [0.15, 0.2) is 18.5 Å². The maximum Gasteiger partial charge on any atom is 0.339 e. The van der Waals surface area contributed by atoms with E-state index in [1.807, 2.05) is 4.57 Å². The summed E-state index contributed by atoms with van der Waals surface area (Å²) >= 11 is 0. The van der Waals surface area contributed by atoms with E-state index in [9.17, 15) is 9.90 Å². The molecule has 1 aromatic rings. The minimum absolute atomic E-state index is 0.0702. The van der Waals surface area contributed by atoms with Crippen molar-refractivity contribution >= 4 is 5.97 Å². The van der Waals surface area contributed by atoms with E-state index in [1.54, 1.807) is 6.20 Å². The highest BCUT2D eigenvalue weighted by atomic mass is 16.4. The summed E-state index contributed by atoms with van der Waals surface area (Å²) < 4.78 is 2.59. The van der Waals surface area contributed by atoms with Gasteiger partial charge in [0, 0.05) is 19.0 Å². The number of aromatic nitrogens is 1. The van der Waals surface area contributed by atoms with Crippen LogP contribution < -0.4 is 4.57 Å². The lowest BCUT2D eigenvalue weighted by molar-refractivity contribution is -1.03. The molecule has 0 spiro atoms. The number of aromatic carboxylic acids is 1. The Morgan fingerprint density at radius 2 is 2.05 bits per heavy atom. The molecule has 6 heteroatoms. The first-order valence-electron chi connectivity index (χ1n) is 6.63. The van der Waals surface area contributed by atoms with Crippen molar-refractivity contribution < 1.29 is 24.1 Å². The van der Waals surface area contributed by atoms with Crippen LogP contribution in [0.5, 0.6) is 5.75 Å². The molecule has 1 heterocycles. The molecule has 0 aliphatic carbocycles. The van der Waals surface area contributed by atoms with Crippen molar-refractivity contribution in [2.24, 2.45) is 0 Å². The number of nitrogens with zero attached hydrogens (tertiary/aromatic N) is 3. The standard InChI is InChI=1S/C14H23N3O3/c1-15(2)7-5-9-17(3,4)11-16-8-6-12(14(19)20)13(18)10-16/h6,8,10H,5,7,9,11H2,1-4H3/p+2. The summed E-state index contributed by atoms with van der Waals surface area (Å²) in [7, 11) is 8.34. The molecule has 6 nitrogen and oxygen atoms in total. The highest BCUT2D eigenvalue weighted by Gasteiger charge is 2.22. The average molecular weight is 283 g/mol. The molecular weight excluding hydrogens is 258 g/mol. The van der Waals surface area contributed by atoms with Gasteiger partial charge in [0.15, 0.2) is 11.9 Å². The van der Waals surface area contributed by atoms with Gasteiger partial charge in [-0.3, -0.25) is 4.48 Å². The molecule has 0 bridgehead atoms. The normalized spacial score (nSPS) is 11.8. The Bertz CT molecular complexity index is 473. The molecule has 0 radical (unpaired) electrons. The second-order valence-corrected chi connectivity index (χ2v) is 6.02. The molecule has 0 fully saturated rings. The van der Waals surface area contributed by atoms with Gasteiger partial charge in [-0.15, -0.1) is 0 Å². The van der Waals surface area contributed by atoms with Gasteiger partial charge >= 0.3 is 5.97 Å². The fourth-order valence-electron chi connectivity index (χ4n) is 2.12. The Balaban J connectivity index is 2.67. The van der Waals surface area contributed by atoms with Gasteiger partial charge in [0.25, 0.3) is 6.67 Å². The highest BCUT2D eigenvalue weighted by molar-refractivity contribution is 5.90. The van der Waals surface area contributed by atoms with Crippen LogP contribution in [0.1, 0.15) is 16.8 Å². The minimum atomic E-state index is -1.12. The van der Waals surface area contributed by atoms with E-state index in [2.05, 4.69) is 33.1 Å². The average Bonchev–Trinajstić information content (AvgIpc) is 2.26. The Hall–Kier alpha value is -1.66. The predicted octanol–water partition coefficient (Wildman–Crippen LogP) is 0.364. The monoisotopic (exact) mass is 283 g/mol. The lowest BCUT2D eigenvalue weighted by atomic mass is 10.2. The van der Waals surface area contributed by atoms with Crippen LogP contribution in [0, 0.1) is 0 Å². The maximum absolute atomic E-state index is 10.8. The molecule has 0 aliphatic heterocycles. The molecule has 0 aromatic carbocycles. The van der Waals surface area contributed by atoms with Crippen molar-refractivity contribution in [1.29, 1.82) is 0 Å². The van der Waals surface area contributed by atoms with Crippen LogP contribution >= 0.6 is 0 Å². The van der Waals surface area contributed by atoms with Gasteiger partial charge in [0.1, 0.15) is 5.56 Å². The third kappa shape index (κ3) is 5.14. The third-order valence-electron chi connectivity index (χ3n) is 3.14. The number of quaternary nitrogens is 1. The van der Waals surface area contributed by atoms with E-state index >= 15 is 0 Å². The number of rotatable bonds is 7. The zero-order valence-corrected chi connectivity index (χ0v) is 12.7. The van der Waals surface area contributed by atoms with Crippen molar-refractivity contribution in [2.75, 3.05) is 41.3 Å². The van der Waals surface area contributed by atoms with Gasteiger partial charge in [0.2, 0.25) is 6.20 Å². The van der Waals surface area contributed by atoms with E-state index in [0.29, 0.717) is 6.67 Å². The van der Waals surface area contributed by atoms with Crippen LogP contribution in [0.3, 0.4) is 0 Å². The van der Waals surface area contributed by atoms with Crippen LogP contribution in [-0.2, 0) is 6.67 Å².